The molecule has 0 saturated carbocycles. The number of benzene rings is 2. The molecule has 5 rings (SSSR count). The van der Waals surface area contributed by atoms with Crippen molar-refractivity contribution < 1.29 is 9.66 Å². The SMILES string of the molecule is O=[N+]([O-])c1c(NCCOc2ccccc2)ncnc1N1CCc2c([nH]c3ccccc23)C1. The zero-order valence-corrected chi connectivity index (χ0v) is 17.3. The molecule has 32 heavy (non-hydrogen) atoms. The smallest absolute Gasteiger partial charge is 0.353 e. The van der Waals surface area contributed by atoms with E-state index in [1.54, 1.807) is 0 Å². The number of nitrogens with one attached hydrogen (secondary N) is 2. The number of aromatic nitrogens is 3. The number of anilines is 2. The van der Waals surface area contributed by atoms with Gasteiger partial charge in [-0.1, -0.05) is 36.4 Å². The standard InChI is InChI=1S/C23H22N6O3/c30-29(31)21-22(24-11-13-32-16-6-2-1-3-7-16)25-15-26-23(21)28-12-10-18-17-8-4-5-9-19(17)27-20(18)14-28/h1-9,15,27H,10-14H2,(H,24,25,26). The van der Waals surface area contributed by atoms with Crippen LogP contribution in [-0.2, 0) is 13.0 Å². The molecule has 9 nitrogen and oxygen atoms in total. The Bertz CT molecular complexity index is 1260. The van der Waals surface area contributed by atoms with Crippen molar-refractivity contribution in [2.75, 3.05) is 29.9 Å². The van der Waals surface area contributed by atoms with Crippen LogP contribution in [0.25, 0.3) is 10.9 Å². The summed E-state index contributed by atoms with van der Waals surface area (Å²) >= 11 is 0. The summed E-state index contributed by atoms with van der Waals surface area (Å²) in [7, 11) is 0. The molecule has 1 aliphatic rings. The van der Waals surface area contributed by atoms with Gasteiger partial charge in [-0.2, -0.15) is 0 Å². The maximum Gasteiger partial charge on any atom is 0.353 e. The van der Waals surface area contributed by atoms with Gasteiger partial charge in [-0.05, 0) is 30.2 Å². The minimum atomic E-state index is -0.420. The number of H-pyrrole nitrogens is 1. The van der Waals surface area contributed by atoms with E-state index in [4.69, 9.17) is 4.74 Å². The van der Waals surface area contributed by atoms with Gasteiger partial charge in [0.15, 0.2) is 0 Å². The summed E-state index contributed by atoms with van der Waals surface area (Å²) in [6.07, 6.45) is 2.15. The van der Waals surface area contributed by atoms with Crippen LogP contribution in [-0.4, -0.2) is 39.6 Å². The molecule has 1 aliphatic heterocycles. The van der Waals surface area contributed by atoms with E-state index in [9.17, 15) is 10.1 Å². The van der Waals surface area contributed by atoms with Crippen LogP contribution >= 0.6 is 0 Å². The first kappa shape index (κ1) is 19.8. The van der Waals surface area contributed by atoms with Crippen LogP contribution in [0.2, 0.25) is 0 Å². The quantitative estimate of drug-likeness (QED) is 0.260. The summed E-state index contributed by atoms with van der Waals surface area (Å²) < 4.78 is 5.65. The molecular formula is C23H22N6O3. The fourth-order valence-electron chi connectivity index (χ4n) is 4.13. The fourth-order valence-corrected chi connectivity index (χ4v) is 4.13. The summed E-state index contributed by atoms with van der Waals surface area (Å²) in [6.45, 7) is 1.89. The largest absolute Gasteiger partial charge is 0.492 e. The van der Waals surface area contributed by atoms with E-state index in [0.717, 1.165) is 23.4 Å². The van der Waals surface area contributed by atoms with Gasteiger partial charge in [0.1, 0.15) is 18.7 Å². The molecule has 0 radical (unpaired) electrons. The Balaban J connectivity index is 1.34. The highest BCUT2D eigenvalue weighted by atomic mass is 16.6. The molecule has 0 amide bonds. The van der Waals surface area contributed by atoms with Crippen molar-refractivity contribution in [3.8, 4) is 5.75 Å². The highest BCUT2D eigenvalue weighted by Gasteiger charge is 2.30. The third-order valence-corrected chi connectivity index (χ3v) is 5.57. The normalized spacial score (nSPS) is 13.1. The van der Waals surface area contributed by atoms with Gasteiger partial charge in [0.25, 0.3) is 0 Å². The lowest BCUT2D eigenvalue weighted by atomic mass is 10.0. The van der Waals surface area contributed by atoms with Gasteiger partial charge in [-0.15, -0.1) is 0 Å². The average Bonchev–Trinajstić information content (AvgIpc) is 3.20. The van der Waals surface area contributed by atoms with E-state index in [1.807, 2.05) is 53.4 Å². The van der Waals surface area contributed by atoms with Crippen molar-refractivity contribution >= 4 is 28.2 Å². The zero-order valence-electron chi connectivity index (χ0n) is 17.3. The van der Waals surface area contributed by atoms with E-state index >= 15 is 0 Å². The van der Waals surface area contributed by atoms with Crippen LogP contribution < -0.4 is 15.0 Å². The first-order chi connectivity index (χ1) is 15.7. The Morgan fingerprint density at radius 1 is 1.12 bits per heavy atom. The molecule has 0 atom stereocenters. The molecule has 0 unspecified atom stereocenters. The summed E-state index contributed by atoms with van der Waals surface area (Å²) in [5.41, 5.74) is 3.30. The number of hydrogen-bond donors (Lipinski definition) is 2. The Labute approximate surface area is 184 Å². The average molecular weight is 430 g/mol. The van der Waals surface area contributed by atoms with Crippen LogP contribution in [0.3, 0.4) is 0 Å². The van der Waals surface area contributed by atoms with Gasteiger partial charge in [0.05, 0.1) is 18.0 Å². The summed E-state index contributed by atoms with van der Waals surface area (Å²) in [5, 5.41) is 16.2. The molecule has 0 aliphatic carbocycles. The van der Waals surface area contributed by atoms with Crippen molar-refractivity contribution in [2.24, 2.45) is 0 Å². The predicted octanol–water partition coefficient (Wildman–Crippen LogP) is 3.92. The molecule has 2 N–H and O–H groups in total. The van der Waals surface area contributed by atoms with Gasteiger partial charge < -0.3 is 19.9 Å². The number of hydrogen-bond acceptors (Lipinski definition) is 7. The minimum absolute atomic E-state index is 0.119. The zero-order chi connectivity index (χ0) is 21.9. The number of nitro groups is 1. The van der Waals surface area contributed by atoms with Gasteiger partial charge in [-0.25, -0.2) is 9.97 Å². The predicted molar refractivity (Wildman–Crippen MR) is 122 cm³/mol. The third kappa shape index (κ3) is 3.80. The molecular weight excluding hydrogens is 408 g/mol. The topological polar surface area (TPSA) is 109 Å². The number of rotatable bonds is 7. The van der Waals surface area contributed by atoms with Crippen LogP contribution in [0.1, 0.15) is 11.3 Å². The number of para-hydroxylation sites is 2. The molecule has 0 bridgehead atoms. The lowest BCUT2D eigenvalue weighted by molar-refractivity contribution is -0.383. The molecule has 0 saturated heterocycles. The Kier molecular flexibility index (Phi) is 5.29. The second-order valence-corrected chi connectivity index (χ2v) is 7.54. The molecule has 2 aromatic carbocycles. The van der Waals surface area contributed by atoms with Crippen molar-refractivity contribution in [3.63, 3.8) is 0 Å². The molecule has 3 heterocycles. The minimum Gasteiger partial charge on any atom is -0.492 e. The Morgan fingerprint density at radius 2 is 1.94 bits per heavy atom. The fraction of sp³-hybridized carbons (Fsp3) is 0.217. The summed E-state index contributed by atoms with van der Waals surface area (Å²) in [5.74, 6) is 1.26. The highest BCUT2D eigenvalue weighted by molar-refractivity contribution is 5.85. The Morgan fingerprint density at radius 3 is 2.78 bits per heavy atom. The highest BCUT2D eigenvalue weighted by Crippen LogP contribution is 2.35. The second-order valence-electron chi connectivity index (χ2n) is 7.54. The van der Waals surface area contributed by atoms with Crippen LogP contribution in [0.15, 0.2) is 60.9 Å². The molecule has 4 aromatic rings. The second kappa shape index (κ2) is 8.54. The van der Waals surface area contributed by atoms with Gasteiger partial charge in [0, 0.05) is 23.1 Å². The van der Waals surface area contributed by atoms with Crippen LogP contribution in [0, 0.1) is 10.1 Å². The van der Waals surface area contributed by atoms with E-state index in [-0.39, 0.29) is 11.5 Å². The molecule has 0 fully saturated rings. The van der Waals surface area contributed by atoms with Gasteiger partial charge in [-0.3, -0.25) is 10.1 Å². The van der Waals surface area contributed by atoms with Crippen LogP contribution in [0.4, 0.5) is 17.3 Å². The number of nitrogens with zero attached hydrogens (tertiary/aromatic N) is 4. The molecule has 0 spiro atoms. The number of aromatic amines is 1. The molecule has 2 aromatic heterocycles. The van der Waals surface area contributed by atoms with Crippen molar-refractivity contribution in [2.45, 2.75) is 13.0 Å². The lowest BCUT2D eigenvalue weighted by Gasteiger charge is -2.27. The maximum absolute atomic E-state index is 11.9. The Hall–Kier alpha value is -4.14. The first-order valence-electron chi connectivity index (χ1n) is 10.4. The molecule has 162 valence electrons. The van der Waals surface area contributed by atoms with E-state index < -0.39 is 4.92 Å². The monoisotopic (exact) mass is 430 g/mol. The number of ether oxygens (including phenoxy) is 1. The van der Waals surface area contributed by atoms with Gasteiger partial charge in [0.2, 0.25) is 11.6 Å². The summed E-state index contributed by atoms with van der Waals surface area (Å²) in [4.78, 5) is 25.3. The lowest BCUT2D eigenvalue weighted by Crippen LogP contribution is -2.31. The maximum atomic E-state index is 11.9. The first-order valence-corrected chi connectivity index (χ1v) is 10.4. The van der Waals surface area contributed by atoms with Crippen molar-refractivity contribution in [1.29, 1.82) is 0 Å². The molecule has 9 heteroatoms. The number of fused-ring (bicyclic) bond motifs is 3. The van der Waals surface area contributed by atoms with Crippen LogP contribution in [0.5, 0.6) is 5.75 Å². The van der Waals surface area contributed by atoms with E-state index in [0.29, 0.717) is 32.1 Å². The van der Waals surface area contributed by atoms with Crippen molar-refractivity contribution in [3.05, 3.63) is 82.3 Å². The van der Waals surface area contributed by atoms with E-state index in [1.165, 1.54) is 17.3 Å². The van der Waals surface area contributed by atoms with Crippen molar-refractivity contribution in [1.82, 2.24) is 15.0 Å². The van der Waals surface area contributed by atoms with Gasteiger partial charge >= 0.3 is 5.69 Å². The summed E-state index contributed by atoms with van der Waals surface area (Å²) in [6, 6.07) is 17.6. The van der Waals surface area contributed by atoms with E-state index in [2.05, 4.69) is 26.3 Å². The third-order valence-electron chi connectivity index (χ3n) is 5.57.